The molecule has 0 aromatic heterocycles. The van der Waals surface area contributed by atoms with E-state index in [0.717, 1.165) is 12.8 Å². The lowest BCUT2D eigenvalue weighted by atomic mass is 9.88. The van der Waals surface area contributed by atoms with Crippen molar-refractivity contribution < 1.29 is 4.74 Å². The third-order valence-corrected chi connectivity index (χ3v) is 3.98. The normalized spacial score (nSPS) is 16.6. The molecule has 0 saturated carbocycles. The maximum Gasteiger partial charge on any atom is 0.0801 e. The van der Waals surface area contributed by atoms with Crippen molar-refractivity contribution in [3.63, 3.8) is 0 Å². The van der Waals surface area contributed by atoms with Gasteiger partial charge in [0.05, 0.1) is 5.60 Å². The van der Waals surface area contributed by atoms with E-state index in [1.807, 2.05) is 0 Å². The van der Waals surface area contributed by atoms with Gasteiger partial charge in [-0.15, -0.1) is 0 Å². The molecule has 1 aromatic carbocycles. The molecule has 2 nitrogen and oxygen atoms in total. The van der Waals surface area contributed by atoms with Crippen LogP contribution in [0.25, 0.3) is 0 Å². The van der Waals surface area contributed by atoms with Crippen LogP contribution in [0, 0.1) is 13.8 Å². The van der Waals surface area contributed by atoms with E-state index in [2.05, 4.69) is 45.9 Å². The van der Waals surface area contributed by atoms with Crippen molar-refractivity contribution in [3.8, 4) is 0 Å². The third kappa shape index (κ3) is 3.30. The third-order valence-electron chi connectivity index (χ3n) is 3.98. The molecule has 2 N–H and O–H groups in total. The largest absolute Gasteiger partial charge is 0.377 e. The van der Waals surface area contributed by atoms with E-state index in [1.54, 1.807) is 7.11 Å². The molecular formula is C15H25NO. The quantitative estimate of drug-likeness (QED) is 0.851. The molecule has 0 heterocycles. The van der Waals surface area contributed by atoms with E-state index < -0.39 is 0 Å². The molecule has 1 rings (SSSR count). The van der Waals surface area contributed by atoms with E-state index in [4.69, 9.17) is 10.5 Å². The summed E-state index contributed by atoms with van der Waals surface area (Å²) in [7, 11) is 1.74. The Balaban J connectivity index is 2.80. The number of ether oxygens (including phenoxy) is 1. The van der Waals surface area contributed by atoms with Crippen LogP contribution < -0.4 is 5.73 Å². The SMILES string of the molecule is CCC(C)(OC)C(N)Cc1ccc(C)c(C)c1. The van der Waals surface area contributed by atoms with Gasteiger partial charge in [-0.2, -0.15) is 0 Å². The van der Waals surface area contributed by atoms with Crippen molar-refractivity contribution in [1.29, 1.82) is 0 Å². The zero-order chi connectivity index (χ0) is 13.1. The highest BCUT2D eigenvalue weighted by atomic mass is 16.5. The van der Waals surface area contributed by atoms with E-state index in [0.29, 0.717) is 0 Å². The Morgan fingerprint density at radius 3 is 2.41 bits per heavy atom. The lowest BCUT2D eigenvalue weighted by Gasteiger charge is -2.33. The Bertz CT molecular complexity index is 369. The smallest absolute Gasteiger partial charge is 0.0801 e. The van der Waals surface area contributed by atoms with Gasteiger partial charge in [0.25, 0.3) is 0 Å². The zero-order valence-corrected chi connectivity index (χ0v) is 11.7. The number of aryl methyl sites for hydroxylation is 2. The summed E-state index contributed by atoms with van der Waals surface area (Å²) in [5.74, 6) is 0. The maximum absolute atomic E-state index is 6.27. The number of methoxy groups -OCH3 is 1. The molecule has 0 radical (unpaired) electrons. The molecule has 2 heteroatoms. The van der Waals surface area contributed by atoms with Crippen LogP contribution in [-0.4, -0.2) is 18.8 Å². The average molecular weight is 235 g/mol. The molecule has 0 fully saturated rings. The predicted octanol–water partition coefficient (Wildman–Crippen LogP) is 2.99. The summed E-state index contributed by atoms with van der Waals surface area (Å²) in [6, 6.07) is 6.57. The van der Waals surface area contributed by atoms with Crippen molar-refractivity contribution in [1.82, 2.24) is 0 Å². The van der Waals surface area contributed by atoms with E-state index in [1.165, 1.54) is 16.7 Å². The average Bonchev–Trinajstić information content (AvgIpc) is 2.32. The van der Waals surface area contributed by atoms with Crippen LogP contribution in [0.3, 0.4) is 0 Å². The molecule has 1 aromatic rings. The second-order valence-corrected chi connectivity index (χ2v) is 5.10. The van der Waals surface area contributed by atoms with Gasteiger partial charge in [-0.25, -0.2) is 0 Å². The molecule has 2 atom stereocenters. The van der Waals surface area contributed by atoms with Gasteiger partial charge in [0, 0.05) is 13.2 Å². The van der Waals surface area contributed by atoms with Crippen LogP contribution in [-0.2, 0) is 11.2 Å². The van der Waals surface area contributed by atoms with Crippen molar-refractivity contribution in [2.75, 3.05) is 7.11 Å². The van der Waals surface area contributed by atoms with Crippen LogP contribution >= 0.6 is 0 Å². The van der Waals surface area contributed by atoms with Gasteiger partial charge in [0.15, 0.2) is 0 Å². The van der Waals surface area contributed by atoms with Gasteiger partial charge in [0.1, 0.15) is 0 Å². The van der Waals surface area contributed by atoms with Gasteiger partial charge < -0.3 is 10.5 Å². The summed E-state index contributed by atoms with van der Waals surface area (Å²) in [5.41, 5.74) is 9.97. The van der Waals surface area contributed by atoms with Crippen molar-refractivity contribution in [2.24, 2.45) is 5.73 Å². The van der Waals surface area contributed by atoms with Crippen molar-refractivity contribution in [2.45, 2.75) is 52.2 Å². The van der Waals surface area contributed by atoms with Crippen LogP contribution in [0.2, 0.25) is 0 Å². The first-order chi connectivity index (χ1) is 7.92. The molecule has 0 spiro atoms. The van der Waals surface area contributed by atoms with Gasteiger partial charge in [0.2, 0.25) is 0 Å². The van der Waals surface area contributed by atoms with E-state index in [9.17, 15) is 0 Å². The first-order valence-electron chi connectivity index (χ1n) is 6.29. The summed E-state index contributed by atoms with van der Waals surface area (Å²) in [4.78, 5) is 0. The summed E-state index contributed by atoms with van der Waals surface area (Å²) >= 11 is 0. The first-order valence-corrected chi connectivity index (χ1v) is 6.29. The molecule has 0 amide bonds. The maximum atomic E-state index is 6.27. The highest BCUT2D eigenvalue weighted by molar-refractivity contribution is 5.30. The number of hydrogen-bond acceptors (Lipinski definition) is 2. The van der Waals surface area contributed by atoms with Gasteiger partial charge in [-0.3, -0.25) is 0 Å². The second-order valence-electron chi connectivity index (χ2n) is 5.10. The Kier molecular flexibility index (Phi) is 4.72. The Labute approximate surface area is 105 Å². The number of nitrogens with two attached hydrogens (primary N) is 1. The van der Waals surface area contributed by atoms with Gasteiger partial charge >= 0.3 is 0 Å². The van der Waals surface area contributed by atoms with Crippen LogP contribution in [0.4, 0.5) is 0 Å². The summed E-state index contributed by atoms with van der Waals surface area (Å²) in [6.45, 7) is 8.46. The molecule has 17 heavy (non-hydrogen) atoms. The minimum absolute atomic E-state index is 0.0274. The molecule has 0 aliphatic rings. The lowest BCUT2D eigenvalue weighted by molar-refractivity contribution is -0.0184. The second kappa shape index (κ2) is 5.65. The standard InChI is InChI=1S/C15H25NO/c1-6-15(4,17-5)14(16)10-13-8-7-11(2)12(3)9-13/h7-9,14H,6,10,16H2,1-5H3. The molecular weight excluding hydrogens is 210 g/mol. The monoisotopic (exact) mass is 235 g/mol. The van der Waals surface area contributed by atoms with Crippen molar-refractivity contribution in [3.05, 3.63) is 34.9 Å². The number of rotatable bonds is 5. The summed E-state index contributed by atoms with van der Waals surface area (Å²) < 4.78 is 5.55. The fraction of sp³-hybridized carbons (Fsp3) is 0.600. The van der Waals surface area contributed by atoms with Gasteiger partial charge in [-0.1, -0.05) is 25.1 Å². The molecule has 0 saturated heterocycles. The zero-order valence-electron chi connectivity index (χ0n) is 11.7. The topological polar surface area (TPSA) is 35.2 Å². The highest BCUT2D eigenvalue weighted by Gasteiger charge is 2.29. The number of hydrogen-bond donors (Lipinski definition) is 1. The fourth-order valence-corrected chi connectivity index (χ4v) is 1.96. The molecule has 0 bridgehead atoms. The number of benzene rings is 1. The Morgan fingerprint density at radius 2 is 1.94 bits per heavy atom. The Hall–Kier alpha value is -0.860. The lowest BCUT2D eigenvalue weighted by Crippen LogP contribution is -2.48. The summed E-state index contributed by atoms with van der Waals surface area (Å²) in [5, 5.41) is 0. The van der Waals surface area contributed by atoms with Crippen LogP contribution in [0.1, 0.15) is 37.0 Å². The minimum atomic E-state index is -0.237. The van der Waals surface area contributed by atoms with Gasteiger partial charge in [-0.05, 0) is 50.3 Å². The van der Waals surface area contributed by atoms with E-state index >= 15 is 0 Å². The highest BCUT2D eigenvalue weighted by Crippen LogP contribution is 2.21. The Morgan fingerprint density at radius 1 is 1.29 bits per heavy atom. The summed E-state index contributed by atoms with van der Waals surface area (Å²) in [6.07, 6.45) is 1.79. The van der Waals surface area contributed by atoms with Crippen LogP contribution in [0.5, 0.6) is 0 Å². The molecule has 96 valence electrons. The molecule has 0 aliphatic heterocycles. The fourth-order valence-electron chi connectivity index (χ4n) is 1.96. The first kappa shape index (κ1) is 14.2. The van der Waals surface area contributed by atoms with Crippen molar-refractivity contribution >= 4 is 0 Å². The van der Waals surface area contributed by atoms with E-state index in [-0.39, 0.29) is 11.6 Å². The minimum Gasteiger partial charge on any atom is -0.377 e. The molecule has 2 unspecified atom stereocenters. The molecule has 0 aliphatic carbocycles. The predicted molar refractivity (Wildman–Crippen MR) is 73.3 cm³/mol. The van der Waals surface area contributed by atoms with Crippen LogP contribution in [0.15, 0.2) is 18.2 Å².